The summed E-state index contributed by atoms with van der Waals surface area (Å²) >= 11 is 12.0. The van der Waals surface area contributed by atoms with E-state index in [1.165, 1.54) is 0 Å². The first kappa shape index (κ1) is 22.0. The molecule has 25 heavy (non-hydrogen) atoms. The van der Waals surface area contributed by atoms with Crippen LogP contribution in [0.2, 0.25) is 10.0 Å². The number of hydrogen-bond donors (Lipinski definition) is 1. The van der Waals surface area contributed by atoms with E-state index in [0.29, 0.717) is 41.3 Å². The van der Waals surface area contributed by atoms with Crippen molar-refractivity contribution >= 4 is 53.1 Å². The maximum absolute atomic E-state index is 6.07. The average Bonchev–Trinajstić information content (AvgIpc) is 2.95. The monoisotopic (exact) mass is 497 g/mol. The third-order valence-corrected chi connectivity index (χ3v) is 4.00. The van der Waals surface area contributed by atoms with Gasteiger partial charge in [-0.15, -0.1) is 24.0 Å². The minimum Gasteiger partial charge on any atom is -0.357 e. The third-order valence-electron chi connectivity index (χ3n) is 3.26. The smallest absolute Gasteiger partial charge is 0.228 e. The number of benzene rings is 1. The van der Waals surface area contributed by atoms with E-state index in [-0.39, 0.29) is 24.0 Å². The maximum Gasteiger partial charge on any atom is 0.228 e. The van der Waals surface area contributed by atoms with Crippen LogP contribution in [0.3, 0.4) is 0 Å². The van der Waals surface area contributed by atoms with Gasteiger partial charge in [0.15, 0.2) is 11.8 Å². The molecular formula is C16H22Cl2IN5O. The number of nitrogens with one attached hydrogen (secondary N) is 1. The topological polar surface area (TPSA) is 66.5 Å². The van der Waals surface area contributed by atoms with Crippen LogP contribution >= 0.6 is 47.2 Å². The fourth-order valence-corrected chi connectivity index (χ4v) is 2.48. The molecule has 0 saturated carbocycles. The van der Waals surface area contributed by atoms with Crippen LogP contribution in [0.15, 0.2) is 27.7 Å². The highest BCUT2D eigenvalue weighted by atomic mass is 127. The van der Waals surface area contributed by atoms with Gasteiger partial charge in [-0.25, -0.2) is 0 Å². The van der Waals surface area contributed by atoms with E-state index in [1.54, 1.807) is 13.0 Å². The highest BCUT2D eigenvalue weighted by Gasteiger charge is 2.09. The van der Waals surface area contributed by atoms with Crippen molar-refractivity contribution in [3.63, 3.8) is 0 Å². The van der Waals surface area contributed by atoms with Crippen LogP contribution < -0.4 is 5.32 Å². The summed E-state index contributed by atoms with van der Waals surface area (Å²) in [6.45, 7) is 5.84. The summed E-state index contributed by atoms with van der Waals surface area (Å²) in [5.41, 5.74) is 1.06. The van der Waals surface area contributed by atoms with E-state index in [9.17, 15) is 0 Å². The lowest BCUT2D eigenvalue weighted by molar-refractivity contribution is 0.375. The van der Waals surface area contributed by atoms with Gasteiger partial charge in [0.1, 0.15) is 0 Å². The molecule has 0 aliphatic rings. The number of rotatable bonds is 6. The van der Waals surface area contributed by atoms with E-state index in [4.69, 9.17) is 27.7 Å². The minimum absolute atomic E-state index is 0. The lowest BCUT2D eigenvalue weighted by Crippen LogP contribution is -2.38. The number of aryl methyl sites for hydroxylation is 1. The molecule has 0 saturated heterocycles. The molecule has 0 amide bonds. The molecule has 138 valence electrons. The quantitative estimate of drug-likeness (QED) is 0.372. The number of nitrogens with zero attached hydrogens (tertiary/aromatic N) is 4. The highest BCUT2D eigenvalue weighted by molar-refractivity contribution is 14.0. The Hall–Kier alpha value is -1.06. The van der Waals surface area contributed by atoms with Gasteiger partial charge in [-0.2, -0.15) is 4.98 Å². The summed E-state index contributed by atoms with van der Waals surface area (Å²) in [6.07, 6.45) is 0.607. The molecule has 0 fully saturated rings. The van der Waals surface area contributed by atoms with Crippen LogP contribution in [0.5, 0.6) is 0 Å². The molecule has 0 radical (unpaired) electrons. The molecule has 1 aromatic heterocycles. The third kappa shape index (κ3) is 6.99. The fourth-order valence-electron chi connectivity index (χ4n) is 2.16. The van der Waals surface area contributed by atoms with Crippen molar-refractivity contribution in [1.29, 1.82) is 0 Å². The molecule has 1 heterocycles. The summed E-state index contributed by atoms with van der Waals surface area (Å²) in [6, 6.07) is 5.62. The second kappa shape index (κ2) is 10.8. The molecule has 0 aliphatic carbocycles. The molecule has 2 aromatic rings. The number of guanidine groups is 1. The van der Waals surface area contributed by atoms with Gasteiger partial charge in [0.2, 0.25) is 5.89 Å². The van der Waals surface area contributed by atoms with E-state index in [1.807, 2.05) is 31.0 Å². The molecule has 0 unspecified atom stereocenters. The van der Waals surface area contributed by atoms with Crippen molar-refractivity contribution in [2.45, 2.75) is 26.8 Å². The Bertz CT molecular complexity index is 708. The summed E-state index contributed by atoms with van der Waals surface area (Å²) in [5, 5.41) is 8.15. The fraction of sp³-hybridized carbons (Fsp3) is 0.438. The molecule has 0 atom stereocenters. The van der Waals surface area contributed by atoms with E-state index < -0.39 is 0 Å². The van der Waals surface area contributed by atoms with Gasteiger partial charge in [-0.1, -0.05) is 34.4 Å². The Morgan fingerprint density at radius 1 is 1.32 bits per heavy atom. The number of halogens is 3. The lowest BCUT2D eigenvalue weighted by atomic mass is 10.2. The highest BCUT2D eigenvalue weighted by Crippen LogP contribution is 2.23. The van der Waals surface area contributed by atoms with Crippen LogP contribution in [0, 0.1) is 6.92 Å². The largest absolute Gasteiger partial charge is 0.357 e. The van der Waals surface area contributed by atoms with Crippen LogP contribution in [0.1, 0.15) is 24.2 Å². The lowest BCUT2D eigenvalue weighted by Gasteiger charge is -2.22. The number of aromatic nitrogens is 2. The SMILES string of the molecule is CCNC(=NCCc1nc(C)no1)N(C)Cc1ccc(Cl)c(Cl)c1.I. The zero-order chi connectivity index (χ0) is 17.5. The van der Waals surface area contributed by atoms with Gasteiger partial charge >= 0.3 is 0 Å². The van der Waals surface area contributed by atoms with Crippen molar-refractivity contribution in [3.05, 3.63) is 45.5 Å². The molecule has 0 spiro atoms. The van der Waals surface area contributed by atoms with Gasteiger partial charge in [0, 0.05) is 26.6 Å². The average molecular weight is 498 g/mol. The molecule has 0 bridgehead atoms. The minimum atomic E-state index is 0. The Balaban J connectivity index is 0.00000312. The molecule has 9 heteroatoms. The molecule has 6 nitrogen and oxygen atoms in total. The number of aliphatic imine (C=N–C) groups is 1. The first-order chi connectivity index (χ1) is 11.5. The molecule has 2 rings (SSSR count). The van der Waals surface area contributed by atoms with Crippen molar-refractivity contribution in [2.75, 3.05) is 20.1 Å². The van der Waals surface area contributed by atoms with E-state index >= 15 is 0 Å². The van der Waals surface area contributed by atoms with E-state index in [0.717, 1.165) is 18.1 Å². The van der Waals surface area contributed by atoms with Crippen LogP contribution in [0.4, 0.5) is 0 Å². The van der Waals surface area contributed by atoms with Gasteiger partial charge in [0.05, 0.1) is 16.6 Å². The first-order valence-electron chi connectivity index (χ1n) is 7.72. The van der Waals surface area contributed by atoms with Crippen molar-refractivity contribution in [3.8, 4) is 0 Å². The zero-order valence-electron chi connectivity index (χ0n) is 14.4. The molecule has 0 aliphatic heterocycles. The predicted octanol–water partition coefficient (Wildman–Crippen LogP) is 3.94. The number of hydrogen-bond acceptors (Lipinski definition) is 4. The summed E-state index contributed by atoms with van der Waals surface area (Å²) in [4.78, 5) is 10.8. The summed E-state index contributed by atoms with van der Waals surface area (Å²) < 4.78 is 5.10. The Morgan fingerprint density at radius 3 is 2.68 bits per heavy atom. The van der Waals surface area contributed by atoms with Crippen molar-refractivity contribution in [1.82, 2.24) is 20.4 Å². The normalized spacial score (nSPS) is 11.2. The predicted molar refractivity (Wildman–Crippen MR) is 112 cm³/mol. The Labute approximate surface area is 175 Å². The molecule has 1 aromatic carbocycles. The van der Waals surface area contributed by atoms with Gasteiger partial charge < -0.3 is 14.7 Å². The van der Waals surface area contributed by atoms with Crippen molar-refractivity contribution < 1.29 is 4.52 Å². The standard InChI is InChI=1S/C16H21Cl2N5O.HI/c1-4-19-16(20-8-7-15-21-11(2)22-24-15)23(3)10-12-5-6-13(17)14(18)9-12;/h5-6,9H,4,7-8,10H2,1-3H3,(H,19,20);1H. The van der Waals surface area contributed by atoms with Gasteiger partial charge in [-0.3, -0.25) is 4.99 Å². The second-order valence-corrected chi connectivity index (χ2v) is 6.14. The Morgan fingerprint density at radius 2 is 2.08 bits per heavy atom. The van der Waals surface area contributed by atoms with Gasteiger partial charge in [0.25, 0.3) is 0 Å². The second-order valence-electron chi connectivity index (χ2n) is 5.33. The first-order valence-corrected chi connectivity index (χ1v) is 8.47. The zero-order valence-corrected chi connectivity index (χ0v) is 18.3. The van der Waals surface area contributed by atoms with Crippen LogP contribution in [-0.4, -0.2) is 41.1 Å². The van der Waals surface area contributed by atoms with Crippen LogP contribution in [0.25, 0.3) is 0 Å². The summed E-state index contributed by atoms with van der Waals surface area (Å²) in [7, 11) is 1.97. The van der Waals surface area contributed by atoms with Crippen LogP contribution in [-0.2, 0) is 13.0 Å². The van der Waals surface area contributed by atoms with E-state index in [2.05, 4.69) is 20.4 Å². The molecular weight excluding hydrogens is 476 g/mol. The Kier molecular flexibility index (Phi) is 9.52. The van der Waals surface area contributed by atoms with Gasteiger partial charge in [-0.05, 0) is 31.5 Å². The maximum atomic E-state index is 6.07. The molecule has 1 N–H and O–H groups in total. The van der Waals surface area contributed by atoms with Crippen molar-refractivity contribution in [2.24, 2.45) is 4.99 Å². The summed E-state index contributed by atoms with van der Waals surface area (Å²) in [5.74, 6) is 2.04.